The first-order chi connectivity index (χ1) is 26.5. The molecule has 2 N–H and O–H groups in total. The second-order valence-corrected chi connectivity index (χ2v) is 23.3. The van der Waals surface area contributed by atoms with E-state index in [0.29, 0.717) is 16.7 Å². The van der Waals surface area contributed by atoms with E-state index >= 15 is 0 Å². The highest BCUT2D eigenvalue weighted by Crippen LogP contribution is 2.51. The molecule has 1 saturated heterocycles. The van der Waals surface area contributed by atoms with Gasteiger partial charge in [-0.2, -0.15) is 10.5 Å². The van der Waals surface area contributed by atoms with E-state index in [4.69, 9.17) is 27.3 Å². The zero-order valence-corrected chi connectivity index (χ0v) is 36.6. The van der Waals surface area contributed by atoms with Crippen LogP contribution in [0.2, 0.25) is 18.1 Å². The van der Waals surface area contributed by atoms with Crippen molar-refractivity contribution in [1.82, 2.24) is 29.3 Å². The second kappa shape index (κ2) is 20.0. The Morgan fingerprint density at radius 1 is 1.05 bits per heavy atom. The Morgan fingerprint density at radius 3 is 2.32 bits per heavy atom. The van der Waals surface area contributed by atoms with E-state index in [1.165, 1.54) is 13.4 Å². The summed E-state index contributed by atoms with van der Waals surface area (Å²) in [5, 5.41) is 24.1. The molecule has 0 aliphatic carbocycles. The summed E-state index contributed by atoms with van der Waals surface area (Å²) in [6.07, 6.45) is 0.427. The Balaban J connectivity index is 1.82. The predicted molar refractivity (Wildman–Crippen MR) is 215 cm³/mol. The van der Waals surface area contributed by atoms with Gasteiger partial charge >= 0.3 is 7.75 Å². The number of nitriles is 2. The molecule has 2 unspecified atom stereocenters. The van der Waals surface area contributed by atoms with Gasteiger partial charge in [0.15, 0.2) is 31.5 Å². The summed E-state index contributed by atoms with van der Waals surface area (Å²) < 4.78 is 55.9. The fourth-order valence-electron chi connectivity index (χ4n) is 5.79. The van der Waals surface area contributed by atoms with E-state index < -0.39 is 49.1 Å². The third-order valence-electron chi connectivity index (χ3n) is 9.52. The molecule has 306 valence electrons. The van der Waals surface area contributed by atoms with Crippen molar-refractivity contribution in [2.75, 3.05) is 32.2 Å². The molecule has 56 heavy (non-hydrogen) atoms. The van der Waals surface area contributed by atoms with Crippen LogP contribution in [-0.2, 0) is 31.8 Å². The summed E-state index contributed by atoms with van der Waals surface area (Å²) >= 11 is 0. The number of aromatic nitrogens is 4. The zero-order valence-electron chi connectivity index (χ0n) is 33.8. The van der Waals surface area contributed by atoms with Gasteiger partial charge in [0.05, 0.1) is 57.2 Å². The summed E-state index contributed by atoms with van der Waals surface area (Å²) in [4.78, 5) is 26.6. The smallest absolute Gasteiger partial charge is 0.405 e. The number of carbonyl (C=O) groups excluding carboxylic acids is 1. The number of fused-ring (bicyclic) bond motifs is 1. The summed E-state index contributed by atoms with van der Waals surface area (Å²) in [7, 11) is -7.10. The molecule has 2 aromatic heterocycles. The number of ether oxygens (including phenoxy) is 1. The lowest BCUT2D eigenvalue weighted by molar-refractivity contribution is -0.0447. The monoisotopic (exact) mass is 831 g/mol. The van der Waals surface area contributed by atoms with Gasteiger partial charge in [-0.15, -0.1) is 0 Å². The van der Waals surface area contributed by atoms with E-state index in [0.717, 1.165) is 0 Å². The van der Waals surface area contributed by atoms with Gasteiger partial charge < -0.3 is 28.1 Å². The minimum Gasteiger partial charge on any atom is -0.408 e. The molecule has 1 amide bonds. The molecule has 3 aromatic rings. The number of amides is 1. The van der Waals surface area contributed by atoms with E-state index in [1.807, 2.05) is 39.8 Å². The number of hydrogen-bond acceptors (Lipinski definition) is 14. The van der Waals surface area contributed by atoms with Gasteiger partial charge in [0, 0.05) is 24.8 Å². The average Bonchev–Trinajstić information content (AvgIpc) is 3.71. The fraction of sp³-hybridized carbons (Fsp3) is 0.611. The number of carbonyl (C=O) groups is 1. The van der Waals surface area contributed by atoms with Gasteiger partial charge in [-0.05, 0) is 58.0 Å². The van der Waals surface area contributed by atoms with E-state index in [-0.39, 0.29) is 61.5 Å². The molecule has 1 aliphatic heterocycles. The van der Waals surface area contributed by atoms with Crippen LogP contribution < -0.4 is 10.4 Å². The maximum atomic E-state index is 14.2. The molecule has 1 aromatic carbocycles. The van der Waals surface area contributed by atoms with Gasteiger partial charge in [-0.1, -0.05) is 39.0 Å². The highest BCUT2D eigenvalue weighted by atomic mass is 31.2. The molecule has 0 saturated carbocycles. The van der Waals surface area contributed by atoms with E-state index in [2.05, 4.69) is 70.0 Å². The first kappa shape index (κ1) is 45.5. The Morgan fingerprint density at radius 2 is 1.71 bits per heavy atom. The van der Waals surface area contributed by atoms with Crippen molar-refractivity contribution in [3.63, 3.8) is 0 Å². The van der Waals surface area contributed by atoms with Gasteiger partial charge in [0.1, 0.15) is 18.5 Å². The number of rotatable bonds is 20. The molecule has 3 heterocycles. The minimum atomic E-state index is -4.06. The lowest BCUT2D eigenvalue weighted by Gasteiger charge is -2.41. The molecule has 20 heteroatoms. The summed E-state index contributed by atoms with van der Waals surface area (Å²) in [6, 6.07) is 12.1. The van der Waals surface area contributed by atoms with Crippen LogP contribution in [0, 0.1) is 22.7 Å². The molecule has 0 spiro atoms. The molecule has 1 fully saturated rings. The van der Waals surface area contributed by atoms with Crippen LogP contribution in [0.1, 0.15) is 77.9 Å². The quantitative estimate of drug-likeness (QED) is 0.0650. The minimum absolute atomic E-state index is 0.0102. The molecule has 4 rings (SSSR count). The normalized spacial score (nSPS) is 20.6. The first-order valence-electron chi connectivity index (χ1n) is 18.5. The highest BCUT2D eigenvalue weighted by Gasteiger charge is 2.53. The van der Waals surface area contributed by atoms with Crippen molar-refractivity contribution in [2.45, 2.75) is 116 Å². The number of nitrogens with zero attached hydrogens (tertiary/aromatic N) is 7. The lowest BCUT2D eigenvalue weighted by atomic mass is 10.1. The van der Waals surface area contributed by atoms with Crippen molar-refractivity contribution in [3.05, 3.63) is 48.5 Å². The largest absolute Gasteiger partial charge is 0.408 e. The second-order valence-electron chi connectivity index (χ2n) is 15.2. The number of anilines is 1. The molecular formula is C36H55N9O8P2Si. The Bertz CT molecular complexity index is 1880. The van der Waals surface area contributed by atoms with Crippen LogP contribution in [0.4, 0.5) is 5.82 Å². The number of nitrogens with one attached hydrogen (secondary N) is 2. The Labute approximate surface area is 332 Å². The molecule has 17 nitrogen and oxygen atoms in total. The van der Waals surface area contributed by atoms with Crippen molar-refractivity contribution < 1.29 is 36.6 Å². The van der Waals surface area contributed by atoms with Crippen LogP contribution in [0.3, 0.4) is 0 Å². The third-order valence-corrected chi connectivity index (χ3v) is 17.7. The van der Waals surface area contributed by atoms with Gasteiger partial charge in [-0.3, -0.25) is 13.9 Å². The van der Waals surface area contributed by atoms with Crippen LogP contribution in [-0.4, -0.2) is 95.7 Å². The average molecular weight is 832 g/mol. The molecule has 0 bridgehead atoms. The van der Waals surface area contributed by atoms with Crippen molar-refractivity contribution in [3.8, 4) is 12.1 Å². The SMILES string of the molecule is COP(=O)(N[C@H]1[C@@H](O[Si](C)(C)C(C)(C)C)[C@H](n2cnc3c(NC(=O)c4ccccc4)ncnc32)O[C@@H]1COP(OCCC#N)N(C(C)C)C(C)C)OCCC#N. The van der Waals surface area contributed by atoms with Gasteiger partial charge in [-0.25, -0.2) is 29.3 Å². The summed E-state index contributed by atoms with van der Waals surface area (Å²) in [5.74, 6) is -0.163. The zero-order chi connectivity index (χ0) is 41.3. The molecule has 0 radical (unpaired) electrons. The Hall–Kier alpha value is -3.22. The third kappa shape index (κ3) is 11.2. The van der Waals surface area contributed by atoms with Crippen molar-refractivity contribution >= 4 is 47.5 Å². The van der Waals surface area contributed by atoms with E-state index in [9.17, 15) is 19.9 Å². The standard InChI is InChI=1S/C36H55N9O8P2Si/c1-25(2)45(26(3)4)54(49-20-14-18-37)50-22-28-29(43-55(47,48-8)51-21-15-19-38)31(53-56(9,10)36(5,6)7)35(52-28)44-24-41-30-32(39-23-40-33(30)44)42-34(46)27-16-12-11-13-17-27/h11-13,16-17,23-26,28-29,31,35H,14-15,20-22H2,1-10H3,(H,43,47)(H,39,40,42,46)/t28-,29-,31-,35-,54?,55?/m1/s1. The van der Waals surface area contributed by atoms with Gasteiger partial charge in [0.25, 0.3) is 14.4 Å². The first-order valence-corrected chi connectivity index (χ1v) is 24.1. The number of imidazole rings is 1. The number of hydrogen-bond donors (Lipinski definition) is 2. The molecule has 6 atom stereocenters. The lowest BCUT2D eigenvalue weighted by Crippen LogP contribution is -2.52. The maximum Gasteiger partial charge on any atom is 0.405 e. The van der Waals surface area contributed by atoms with E-state index in [1.54, 1.807) is 35.2 Å². The van der Waals surface area contributed by atoms with Crippen molar-refractivity contribution in [1.29, 1.82) is 10.5 Å². The fourth-order valence-corrected chi connectivity index (χ4v) is 10.00. The topological polar surface area (TPSA) is 208 Å². The predicted octanol–water partition coefficient (Wildman–Crippen LogP) is 7.30. The van der Waals surface area contributed by atoms with Crippen LogP contribution in [0.15, 0.2) is 43.0 Å². The summed E-state index contributed by atoms with van der Waals surface area (Å²) in [5.41, 5.74) is 1.12. The van der Waals surface area contributed by atoms with Crippen LogP contribution in [0.25, 0.3) is 11.2 Å². The Kier molecular flexibility index (Phi) is 16.2. The number of benzene rings is 1. The van der Waals surface area contributed by atoms with Crippen LogP contribution >= 0.6 is 16.3 Å². The molecule has 1 aliphatic rings. The highest BCUT2D eigenvalue weighted by molar-refractivity contribution is 7.51. The molecular weight excluding hydrogens is 776 g/mol. The van der Waals surface area contributed by atoms with Crippen molar-refractivity contribution in [2.24, 2.45) is 0 Å². The maximum absolute atomic E-state index is 14.2. The van der Waals surface area contributed by atoms with Gasteiger partial charge in [0.2, 0.25) is 0 Å². The van der Waals surface area contributed by atoms with Crippen LogP contribution in [0.5, 0.6) is 0 Å². The summed E-state index contributed by atoms with van der Waals surface area (Å²) in [6.45, 7) is 18.7.